The summed E-state index contributed by atoms with van der Waals surface area (Å²) in [6, 6.07) is 0. The van der Waals surface area contributed by atoms with Crippen LogP contribution in [0.3, 0.4) is 0 Å². The first-order chi connectivity index (χ1) is 8.47. The van der Waals surface area contributed by atoms with Crippen LogP contribution in [0.15, 0.2) is 0 Å². The predicted molar refractivity (Wildman–Crippen MR) is 68.2 cm³/mol. The minimum atomic E-state index is -0.304. The first-order valence-electron chi connectivity index (χ1n) is 7.27. The number of hydrogen-bond acceptors (Lipinski definition) is 3. The van der Waals surface area contributed by atoms with Crippen LogP contribution in [0.2, 0.25) is 0 Å². The molecule has 0 amide bonds. The van der Waals surface area contributed by atoms with E-state index < -0.39 is 0 Å². The lowest BCUT2D eigenvalue weighted by Gasteiger charge is -2.54. The van der Waals surface area contributed by atoms with E-state index in [1.807, 2.05) is 0 Å². The van der Waals surface area contributed by atoms with Crippen LogP contribution in [0.25, 0.3) is 0 Å². The van der Waals surface area contributed by atoms with Crippen LogP contribution < -0.4 is 0 Å². The molecule has 2 spiro atoms. The average molecular weight is 252 g/mol. The molecule has 3 nitrogen and oxygen atoms in total. The molecule has 3 aliphatic rings. The van der Waals surface area contributed by atoms with Gasteiger partial charge in [0.15, 0.2) is 5.79 Å². The van der Waals surface area contributed by atoms with Gasteiger partial charge in [-0.05, 0) is 30.1 Å². The lowest BCUT2D eigenvalue weighted by molar-refractivity contribution is -0.206. The Hall–Kier alpha value is -0.410. The van der Waals surface area contributed by atoms with Crippen LogP contribution in [-0.4, -0.2) is 24.8 Å². The van der Waals surface area contributed by atoms with Crippen molar-refractivity contribution in [2.45, 2.75) is 64.6 Å². The Balaban J connectivity index is 1.78. The molecule has 102 valence electrons. The smallest absolute Gasteiger partial charge is 0.168 e. The predicted octanol–water partition coefficient (Wildman–Crippen LogP) is 3.07. The van der Waals surface area contributed by atoms with Crippen molar-refractivity contribution in [1.82, 2.24) is 0 Å². The molecule has 1 heterocycles. The number of ketones is 1. The van der Waals surface area contributed by atoms with Crippen molar-refractivity contribution in [3.05, 3.63) is 0 Å². The zero-order valence-corrected chi connectivity index (χ0v) is 11.6. The second-order valence-electron chi connectivity index (χ2n) is 6.99. The average Bonchev–Trinajstić information content (AvgIpc) is 2.78. The van der Waals surface area contributed by atoms with Gasteiger partial charge < -0.3 is 9.47 Å². The monoisotopic (exact) mass is 252 g/mol. The van der Waals surface area contributed by atoms with Gasteiger partial charge in [0.05, 0.1) is 13.2 Å². The molecule has 0 aromatic rings. The SMILES string of the molecule is CC1(C)CCC(=O)CC12CCC1(CC2)OCCO1. The number of carbonyl (C=O) groups excluding carboxylic acids is 1. The van der Waals surface area contributed by atoms with E-state index in [1.165, 1.54) is 0 Å². The molecule has 18 heavy (non-hydrogen) atoms. The second-order valence-corrected chi connectivity index (χ2v) is 6.99. The van der Waals surface area contributed by atoms with Crippen LogP contribution in [-0.2, 0) is 14.3 Å². The number of ether oxygens (including phenoxy) is 2. The number of carbonyl (C=O) groups is 1. The van der Waals surface area contributed by atoms with Gasteiger partial charge in [0.1, 0.15) is 5.78 Å². The maximum atomic E-state index is 11.9. The minimum Gasteiger partial charge on any atom is -0.348 e. The highest BCUT2D eigenvalue weighted by molar-refractivity contribution is 5.80. The largest absolute Gasteiger partial charge is 0.348 e. The molecule has 1 aliphatic heterocycles. The lowest BCUT2D eigenvalue weighted by Crippen LogP contribution is -2.49. The zero-order chi connectivity index (χ0) is 12.9. The highest BCUT2D eigenvalue weighted by atomic mass is 16.7. The fourth-order valence-electron chi connectivity index (χ4n) is 4.17. The summed E-state index contributed by atoms with van der Waals surface area (Å²) in [7, 11) is 0. The maximum absolute atomic E-state index is 11.9. The Morgan fingerprint density at radius 2 is 1.56 bits per heavy atom. The van der Waals surface area contributed by atoms with Crippen molar-refractivity contribution in [3.63, 3.8) is 0 Å². The molecular weight excluding hydrogens is 228 g/mol. The Morgan fingerprint density at radius 1 is 0.944 bits per heavy atom. The molecule has 2 aliphatic carbocycles. The first-order valence-corrected chi connectivity index (χ1v) is 7.27. The second kappa shape index (κ2) is 4.04. The first kappa shape index (κ1) is 12.6. The van der Waals surface area contributed by atoms with Crippen LogP contribution in [0, 0.1) is 10.8 Å². The van der Waals surface area contributed by atoms with Crippen LogP contribution in [0.1, 0.15) is 58.8 Å². The minimum absolute atomic E-state index is 0.197. The van der Waals surface area contributed by atoms with E-state index in [0.717, 1.165) is 58.2 Å². The molecule has 2 saturated carbocycles. The fraction of sp³-hybridized carbons (Fsp3) is 0.933. The Bertz CT molecular complexity index is 343. The summed E-state index contributed by atoms with van der Waals surface area (Å²) in [5.74, 6) is 0.153. The summed E-state index contributed by atoms with van der Waals surface area (Å²) < 4.78 is 11.6. The van der Waals surface area contributed by atoms with E-state index in [-0.39, 0.29) is 16.6 Å². The maximum Gasteiger partial charge on any atom is 0.168 e. The van der Waals surface area contributed by atoms with Gasteiger partial charge in [0.25, 0.3) is 0 Å². The molecule has 0 atom stereocenters. The molecule has 1 saturated heterocycles. The van der Waals surface area contributed by atoms with Crippen molar-refractivity contribution in [2.24, 2.45) is 10.8 Å². The topological polar surface area (TPSA) is 35.5 Å². The standard InChI is InChI=1S/C15H24O3/c1-13(2)4-3-12(16)11-14(13)5-7-15(8-6-14)17-9-10-18-15/h3-11H2,1-2H3. The molecular formula is C15H24O3. The quantitative estimate of drug-likeness (QED) is 0.664. The van der Waals surface area contributed by atoms with Gasteiger partial charge in [-0.15, -0.1) is 0 Å². The van der Waals surface area contributed by atoms with Crippen LogP contribution in [0.4, 0.5) is 0 Å². The summed E-state index contributed by atoms with van der Waals surface area (Å²) in [5.41, 5.74) is 0.476. The molecule has 3 heteroatoms. The van der Waals surface area contributed by atoms with E-state index >= 15 is 0 Å². The van der Waals surface area contributed by atoms with E-state index in [2.05, 4.69) is 13.8 Å². The zero-order valence-electron chi connectivity index (χ0n) is 11.6. The third-order valence-corrected chi connectivity index (χ3v) is 5.78. The molecule has 0 N–H and O–H groups in total. The van der Waals surface area contributed by atoms with Crippen LogP contribution in [0.5, 0.6) is 0 Å². The lowest BCUT2D eigenvalue weighted by atomic mass is 9.51. The normalized spacial score (nSPS) is 33.1. The van der Waals surface area contributed by atoms with Crippen molar-refractivity contribution in [2.75, 3.05) is 13.2 Å². The molecule has 0 bridgehead atoms. The molecule has 0 radical (unpaired) electrons. The summed E-state index contributed by atoms with van der Waals surface area (Å²) >= 11 is 0. The van der Waals surface area contributed by atoms with E-state index in [1.54, 1.807) is 0 Å². The summed E-state index contributed by atoms with van der Waals surface area (Å²) in [6.07, 6.45) is 6.66. The molecule has 3 rings (SSSR count). The Labute approximate surface area is 109 Å². The summed E-state index contributed by atoms with van der Waals surface area (Å²) in [6.45, 7) is 6.15. The molecule has 0 aromatic heterocycles. The van der Waals surface area contributed by atoms with E-state index in [4.69, 9.17) is 9.47 Å². The van der Waals surface area contributed by atoms with Gasteiger partial charge in [-0.1, -0.05) is 13.8 Å². The van der Waals surface area contributed by atoms with Gasteiger partial charge in [-0.25, -0.2) is 0 Å². The third-order valence-electron chi connectivity index (χ3n) is 5.78. The number of hydrogen-bond donors (Lipinski definition) is 0. The Morgan fingerprint density at radius 3 is 2.17 bits per heavy atom. The van der Waals surface area contributed by atoms with Crippen LogP contribution >= 0.6 is 0 Å². The van der Waals surface area contributed by atoms with Crippen molar-refractivity contribution in [3.8, 4) is 0 Å². The van der Waals surface area contributed by atoms with Gasteiger partial charge in [-0.2, -0.15) is 0 Å². The highest BCUT2D eigenvalue weighted by Crippen LogP contribution is 2.59. The van der Waals surface area contributed by atoms with Gasteiger partial charge in [0.2, 0.25) is 0 Å². The Kier molecular flexibility index (Phi) is 2.83. The molecule has 0 aromatic carbocycles. The van der Waals surface area contributed by atoms with Gasteiger partial charge in [0, 0.05) is 25.7 Å². The summed E-state index contributed by atoms with van der Waals surface area (Å²) in [4.78, 5) is 11.9. The molecule has 0 unspecified atom stereocenters. The van der Waals surface area contributed by atoms with Crippen molar-refractivity contribution in [1.29, 1.82) is 0 Å². The summed E-state index contributed by atoms with van der Waals surface area (Å²) in [5, 5.41) is 0. The molecule has 3 fully saturated rings. The highest BCUT2D eigenvalue weighted by Gasteiger charge is 2.54. The fourth-order valence-corrected chi connectivity index (χ4v) is 4.17. The third kappa shape index (κ3) is 1.83. The van der Waals surface area contributed by atoms with E-state index in [9.17, 15) is 4.79 Å². The van der Waals surface area contributed by atoms with Gasteiger partial charge >= 0.3 is 0 Å². The van der Waals surface area contributed by atoms with Crippen molar-refractivity contribution < 1.29 is 14.3 Å². The van der Waals surface area contributed by atoms with Gasteiger partial charge in [-0.3, -0.25) is 4.79 Å². The van der Waals surface area contributed by atoms with Crippen molar-refractivity contribution >= 4 is 5.78 Å². The van der Waals surface area contributed by atoms with E-state index in [0.29, 0.717) is 5.78 Å². The number of Topliss-reactive ketones (excluding diaryl/α,β-unsaturated/α-hetero) is 1. The number of rotatable bonds is 0.